The van der Waals surface area contributed by atoms with E-state index in [0.29, 0.717) is 0 Å². The molecule has 2 heterocycles. The maximum absolute atomic E-state index is 4.03. The number of hydrogen-bond acceptors (Lipinski definition) is 3. The molecule has 0 aliphatic heterocycles. The van der Waals surface area contributed by atoms with Gasteiger partial charge in [-0.05, 0) is 47.5 Å². The van der Waals surface area contributed by atoms with Gasteiger partial charge < -0.3 is 5.32 Å². The van der Waals surface area contributed by atoms with Crippen LogP contribution in [0.5, 0.6) is 0 Å². The van der Waals surface area contributed by atoms with E-state index < -0.39 is 0 Å². The van der Waals surface area contributed by atoms with Gasteiger partial charge >= 0.3 is 0 Å². The summed E-state index contributed by atoms with van der Waals surface area (Å²) in [6.07, 6.45) is 3.59. The second kappa shape index (κ2) is 4.97. The van der Waals surface area contributed by atoms with Crippen molar-refractivity contribution >= 4 is 33.0 Å². The second-order valence-corrected chi connectivity index (χ2v) is 5.86. The van der Waals surface area contributed by atoms with Gasteiger partial charge in [-0.3, -0.25) is 4.98 Å². The van der Waals surface area contributed by atoms with Crippen LogP contribution in [0.2, 0.25) is 0 Å². The summed E-state index contributed by atoms with van der Waals surface area (Å²) in [4.78, 5) is 6.79. The van der Waals surface area contributed by atoms with Crippen LogP contribution in [0, 0.1) is 13.8 Å². The van der Waals surface area contributed by atoms with Gasteiger partial charge in [0.05, 0.1) is 10.2 Å². The van der Waals surface area contributed by atoms with Crippen molar-refractivity contribution in [2.75, 3.05) is 5.32 Å². The first-order valence-corrected chi connectivity index (χ1v) is 6.67. The van der Waals surface area contributed by atoms with Gasteiger partial charge in [-0.2, -0.15) is 0 Å². The number of rotatable bonds is 3. The van der Waals surface area contributed by atoms with Gasteiger partial charge in [-0.25, -0.2) is 0 Å². The zero-order valence-corrected chi connectivity index (χ0v) is 11.7. The molecule has 2 rings (SSSR count). The molecule has 0 saturated heterocycles. The quantitative estimate of drug-likeness (QED) is 0.921. The Morgan fingerprint density at radius 1 is 1.44 bits per heavy atom. The monoisotopic (exact) mass is 296 g/mol. The Bertz CT molecular complexity index is 474. The standard InChI is InChI=1S/C12H13BrN2S/c1-8-5-10(16-9(8)2)6-15-12-3-4-14-7-11(12)13/h3-5,7H,6H2,1-2H3,(H,14,15). The van der Waals surface area contributed by atoms with Crippen molar-refractivity contribution < 1.29 is 0 Å². The third kappa shape index (κ3) is 2.62. The van der Waals surface area contributed by atoms with Gasteiger partial charge in [-0.1, -0.05) is 0 Å². The number of thiophene rings is 1. The lowest BCUT2D eigenvalue weighted by Crippen LogP contribution is -1.98. The molecule has 84 valence electrons. The zero-order chi connectivity index (χ0) is 11.5. The van der Waals surface area contributed by atoms with Gasteiger partial charge in [-0.15, -0.1) is 11.3 Å². The molecule has 16 heavy (non-hydrogen) atoms. The van der Waals surface area contributed by atoms with Crippen molar-refractivity contribution in [1.29, 1.82) is 0 Å². The van der Waals surface area contributed by atoms with E-state index in [1.54, 1.807) is 12.4 Å². The fraction of sp³-hybridized carbons (Fsp3) is 0.250. The van der Waals surface area contributed by atoms with Crippen LogP contribution in [-0.2, 0) is 6.54 Å². The molecule has 0 aliphatic rings. The number of pyridine rings is 1. The lowest BCUT2D eigenvalue weighted by molar-refractivity contribution is 1.17. The van der Waals surface area contributed by atoms with Crippen molar-refractivity contribution in [3.05, 3.63) is 44.3 Å². The number of anilines is 1. The number of halogens is 1. The molecule has 0 radical (unpaired) electrons. The summed E-state index contributed by atoms with van der Waals surface area (Å²) in [5.41, 5.74) is 2.45. The third-order valence-electron chi connectivity index (χ3n) is 2.44. The zero-order valence-electron chi connectivity index (χ0n) is 9.25. The molecule has 0 spiro atoms. The van der Waals surface area contributed by atoms with Crippen LogP contribution in [0.25, 0.3) is 0 Å². The van der Waals surface area contributed by atoms with E-state index in [1.807, 2.05) is 17.4 Å². The van der Waals surface area contributed by atoms with Crippen LogP contribution in [0.1, 0.15) is 15.3 Å². The Kier molecular flexibility index (Phi) is 3.61. The van der Waals surface area contributed by atoms with Crippen molar-refractivity contribution in [3.8, 4) is 0 Å². The maximum atomic E-state index is 4.03. The Hall–Kier alpha value is -0.870. The van der Waals surface area contributed by atoms with Crippen LogP contribution >= 0.6 is 27.3 Å². The van der Waals surface area contributed by atoms with Crippen LogP contribution in [0.4, 0.5) is 5.69 Å². The Balaban J connectivity index is 2.05. The van der Waals surface area contributed by atoms with Crippen molar-refractivity contribution in [2.45, 2.75) is 20.4 Å². The van der Waals surface area contributed by atoms with Crippen molar-refractivity contribution in [2.24, 2.45) is 0 Å². The summed E-state index contributed by atoms with van der Waals surface area (Å²) in [5.74, 6) is 0. The molecular formula is C12H13BrN2S. The van der Waals surface area contributed by atoms with E-state index >= 15 is 0 Å². The number of aromatic nitrogens is 1. The molecule has 4 heteroatoms. The highest BCUT2D eigenvalue weighted by atomic mass is 79.9. The average Bonchev–Trinajstić information content (AvgIpc) is 2.57. The Labute approximate surface area is 108 Å². The van der Waals surface area contributed by atoms with Crippen LogP contribution in [0.15, 0.2) is 29.0 Å². The third-order valence-corrected chi connectivity index (χ3v) is 4.23. The number of nitrogens with zero attached hydrogens (tertiary/aromatic N) is 1. The minimum atomic E-state index is 0.863. The first-order valence-electron chi connectivity index (χ1n) is 5.06. The predicted molar refractivity (Wildman–Crippen MR) is 73.1 cm³/mol. The van der Waals surface area contributed by atoms with Crippen molar-refractivity contribution in [1.82, 2.24) is 4.98 Å². The van der Waals surface area contributed by atoms with Crippen LogP contribution in [-0.4, -0.2) is 4.98 Å². The molecule has 0 fully saturated rings. The highest BCUT2D eigenvalue weighted by Gasteiger charge is 2.02. The fourth-order valence-electron chi connectivity index (χ4n) is 1.44. The van der Waals surface area contributed by atoms with Crippen molar-refractivity contribution in [3.63, 3.8) is 0 Å². The van der Waals surface area contributed by atoms with E-state index in [-0.39, 0.29) is 0 Å². The Morgan fingerprint density at radius 3 is 2.88 bits per heavy atom. The Morgan fingerprint density at radius 2 is 2.25 bits per heavy atom. The number of nitrogens with one attached hydrogen (secondary N) is 1. The summed E-state index contributed by atoms with van der Waals surface area (Å²) in [7, 11) is 0. The van der Waals surface area contributed by atoms with E-state index in [1.165, 1.54) is 15.3 Å². The van der Waals surface area contributed by atoms with Gasteiger partial charge in [0.2, 0.25) is 0 Å². The van der Waals surface area contributed by atoms with Gasteiger partial charge in [0.15, 0.2) is 0 Å². The topological polar surface area (TPSA) is 24.9 Å². The minimum Gasteiger partial charge on any atom is -0.379 e. The molecule has 0 aromatic carbocycles. The summed E-state index contributed by atoms with van der Waals surface area (Å²) >= 11 is 5.31. The molecule has 1 N–H and O–H groups in total. The SMILES string of the molecule is Cc1cc(CNc2ccncc2Br)sc1C. The maximum Gasteiger partial charge on any atom is 0.0590 e. The molecule has 0 aliphatic carbocycles. The molecule has 0 unspecified atom stereocenters. The predicted octanol–water partition coefficient (Wildman–Crippen LogP) is 4.13. The first kappa shape index (κ1) is 11.6. The molecule has 2 nitrogen and oxygen atoms in total. The van der Waals surface area contributed by atoms with Crippen LogP contribution < -0.4 is 5.32 Å². The molecular weight excluding hydrogens is 284 g/mol. The minimum absolute atomic E-state index is 0.863. The largest absolute Gasteiger partial charge is 0.379 e. The lowest BCUT2D eigenvalue weighted by Gasteiger charge is -2.05. The summed E-state index contributed by atoms with van der Waals surface area (Å²) < 4.78 is 1.00. The average molecular weight is 297 g/mol. The molecule has 0 bridgehead atoms. The highest BCUT2D eigenvalue weighted by molar-refractivity contribution is 9.10. The second-order valence-electron chi connectivity index (χ2n) is 3.66. The van der Waals surface area contributed by atoms with Crippen LogP contribution in [0.3, 0.4) is 0 Å². The first-order chi connectivity index (χ1) is 7.66. The van der Waals surface area contributed by atoms with Gasteiger partial charge in [0.25, 0.3) is 0 Å². The van der Waals surface area contributed by atoms with E-state index in [4.69, 9.17) is 0 Å². The highest BCUT2D eigenvalue weighted by Crippen LogP contribution is 2.24. The number of aryl methyl sites for hydroxylation is 2. The molecule has 0 amide bonds. The molecule has 2 aromatic heterocycles. The van der Waals surface area contributed by atoms with Gasteiger partial charge in [0.1, 0.15) is 0 Å². The molecule has 0 saturated carbocycles. The lowest BCUT2D eigenvalue weighted by atomic mass is 10.3. The smallest absolute Gasteiger partial charge is 0.0590 e. The van der Waals surface area contributed by atoms with E-state index in [2.05, 4.69) is 46.1 Å². The van der Waals surface area contributed by atoms with E-state index in [9.17, 15) is 0 Å². The fourth-order valence-corrected chi connectivity index (χ4v) is 2.82. The van der Waals surface area contributed by atoms with Gasteiger partial charge in [0, 0.05) is 28.7 Å². The summed E-state index contributed by atoms with van der Waals surface area (Å²) in [6, 6.07) is 4.21. The molecule has 2 aromatic rings. The summed E-state index contributed by atoms with van der Waals surface area (Å²) in [5, 5.41) is 3.39. The molecule has 0 atom stereocenters. The summed E-state index contributed by atoms with van der Waals surface area (Å²) in [6.45, 7) is 5.17. The van der Waals surface area contributed by atoms with E-state index in [0.717, 1.165) is 16.7 Å². The number of hydrogen-bond donors (Lipinski definition) is 1. The normalized spacial score (nSPS) is 10.4.